The van der Waals surface area contributed by atoms with Gasteiger partial charge in [-0.15, -0.1) is 0 Å². The van der Waals surface area contributed by atoms with Crippen LogP contribution in [-0.2, 0) is 6.54 Å². The van der Waals surface area contributed by atoms with Crippen LogP contribution in [0.2, 0.25) is 0 Å². The summed E-state index contributed by atoms with van der Waals surface area (Å²) in [4.78, 5) is 4.59. The molecule has 0 bridgehead atoms. The summed E-state index contributed by atoms with van der Waals surface area (Å²) < 4.78 is 0. The smallest absolute Gasteiger partial charge is 0.0922 e. The van der Waals surface area contributed by atoms with Gasteiger partial charge in [-0.25, -0.2) is 0 Å². The van der Waals surface area contributed by atoms with E-state index < -0.39 is 6.10 Å². The quantitative estimate of drug-likeness (QED) is 0.756. The summed E-state index contributed by atoms with van der Waals surface area (Å²) in [6.45, 7) is 1.19. The number of thiophene rings is 1. The minimum atomic E-state index is -0.457. The molecule has 1 atom stereocenters. The van der Waals surface area contributed by atoms with Crippen LogP contribution in [0.25, 0.3) is 10.9 Å². The third-order valence-corrected chi connectivity index (χ3v) is 3.93. The van der Waals surface area contributed by atoms with Gasteiger partial charge in [-0.1, -0.05) is 24.3 Å². The number of nitrogens with one attached hydrogen (secondary N) is 1. The number of benzene rings is 1. The number of aromatic nitrogens is 1. The first-order valence-electron chi connectivity index (χ1n) is 6.58. The fourth-order valence-electron chi connectivity index (χ4n) is 2.13. The van der Waals surface area contributed by atoms with Gasteiger partial charge in [-0.2, -0.15) is 11.3 Å². The van der Waals surface area contributed by atoms with Crippen molar-refractivity contribution in [2.45, 2.75) is 12.6 Å². The summed E-state index contributed by atoms with van der Waals surface area (Å²) in [5, 5.41) is 18.3. The first-order valence-corrected chi connectivity index (χ1v) is 7.53. The summed E-state index contributed by atoms with van der Waals surface area (Å²) in [5.41, 5.74) is 2.96. The topological polar surface area (TPSA) is 45.1 Å². The van der Waals surface area contributed by atoms with Crippen LogP contribution in [0.15, 0.2) is 53.2 Å². The molecule has 1 aromatic carbocycles. The average Bonchev–Trinajstić information content (AvgIpc) is 3.01. The van der Waals surface area contributed by atoms with Crippen LogP contribution in [0.4, 0.5) is 0 Å². The van der Waals surface area contributed by atoms with Gasteiger partial charge < -0.3 is 10.4 Å². The van der Waals surface area contributed by atoms with Crippen molar-refractivity contribution < 1.29 is 5.11 Å². The van der Waals surface area contributed by atoms with Crippen molar-refractivity contribution in [3.63, 3.8) is 0 Å². The lowest BCUT2D eigenvalue weighted by atomic mass is 10.2. The first-order chi connectivity index (χ1) is 9.83. The van der Waals surface area contributed by atoms with Gasteiger partial charge in [0.15, 0.2) is 0 Å². The van der Waals surface area contributed by atoms with Crippen LogP contribution in [0, 0.1) is 0 Å². The van der Waals surface area contributed by atoms with Crippen molar-refractivity contribution in [1.29, 1.82) is 0 Å². The summed E-state index contributed by atoms with van der Waals surface area (Å²) in [6.07, 6.45) is -0.457. The Hall–Kier alpha value is -1.75. The van der Waals surface area contributed by atoms with E-state index in [0.717, 1.165) is 22.2 Å². The van der Waals surface area contributed by atoms with Crippen molar-refractivity contribution in [2.75, 3.05) is 6.54 Å². The zero-order valence-electron chi connectivity index (χ0n) is 11.0. The van der Waals surface area contributed by atoms with Gasteiger partial charge in [0.25, 0.3) is 0 Å². The van der Waals surface area contributed by atoms with E-state index in [1.165, 1.54) is 0 Å². The molecule has 0 saturated heterocycles. The molecule has 0 spiro atoms. The van der Waals surface area contributed by atoms with E-state index in [-0.39, 0.29) is 0 Å². The molecule has 1 unspecified atom stereocenters. The Bertz CT molecular complexity index is 682. The molecule has 3 aromatic rings. The molecule has 4 heteroatoms. The Kier molecular flexibility index (Phi) is 4.06. The molecule has 20 heavy (non-hydrogen) atoms. The fourth-order valence-corrected chi connectivity index (χ4v) is 2.83. The Labute approximate surface area is 121 Å². The van der Waals surface area contributed by atoms with E-state index in [2.05, 4.69) is 22.4 Å². The van der Waals surface area contributed by atoms with Crippen molar-refractivity contribution in [3.05, 3.63) is 64.5 Å². The maximum atomic E-state index is 9.98. The molecular formula is C16H16N2OS. The maximum absolute atomic E-state index is 9.98. The standard InChI is InChI=1S/C16H16N2OS/c19-16(13-7-8-20-11-13)10-17-9-14-6-5-12-3-1-2-4-15(12)18-14/h1-8,11,16-17,19H,9-10H2. The van der Waals surface area contributed by atoms with Crippen LogP contribution in [0.3, 0.4) is 0 Å². The first kappa shape index (κ1) is 13.2. The molecular weight excluding hydrogens is 268 g/mol. The molecule has 0 saturated carbocycles. The zero-order valence-corrected chi connectivity index (χ0v) is 11.8. The Morgan fingerprint density at radius 1 is 1.15 bits per heavy atom. The van der Waals surface area contributed by atoms with Crippen LogP contribution in [0.5, 0.6) is 0 Å². The number of para-hydroxylation sites is 1. The summed E-state index contributed by atoms with van der Waals surface area (Å²) in [5.74, 6) is 0. The number of rotatable bonds is 5. The third kappa shape index (κ3) is 3.04. The number of fused-ring (bicyclic) bond motifs is 1. The van der Waals surface area contributed by atoms with Crippen molar-refractivity contribution >= 4 is 22.2 Å². The van der Waals surface area contributed by atoms with Gasteiger partial charge in [-0.3, -0.25) is 4.98 Å². The Morgan fingerprint density at radius 2 is 2.05 bits per heavy atom. The number of hydrogen-bond acceptors (Lipinski definition) is 4. The van der Waals surface area contributed by atoms with Crippen LogP contribution in [0.1, 0.15) is 17.4 Å². The van der Waals surface area contributed by atoms with E-state index in [4.69, 9.17) is 0 Å². The van der Waals surface area contributed by atoms with Crippen molar-refractivity contribution in [1.82, 2.24) is 10.3 Å². The normalized spacial score (nSPS) is 12.7. The van der Waals surface area contributed by atoms with E-state index in [0.29, 0.717) is 13.1 Å². The summed E-state index contributed by atoms with van der Waals surface area (Å²) >= 11 is 1.60. The molecule has 0 aliphatic heterocycles. The second kappa shape index (κ2) is 6.13. The van der Waals surface area contributed by atoms with E-state index in [1.54, 1.807) is 11.3 Å². The second-order valence-corrected chi connectivity index (χ2v) is 5.48. The van der Waals surface area contributed by atoms with Gasteiger partial charge in [0.05, 0.1) is 17.3 Å². The number of nitrogens with zero attached hydrogens (tertiary/aromatic N) is 1. The highest BCUT2D eigenvalue weighted by Crippen LogP contribution is 2.15. The number of hydrogen-bond donors (Lipinski definition) is 2. The molecule has 0 aliphatic carbocycles. The second-order valence-electron chi connectivity index (χ2n) is 4.70. The van der Waals surface area contributed by atoms with Crippen LogP contribution in [-0.4, -0.2) is 16.6 Å². The highest BCUT2D eigenvalue weighted by Gasteiger charge is 2.07. The predicted molar refractivity (Wildman–Crippen MR) is 82.7 cm³/mol. The highest BCUT2D eigenvalue weighted by molar-refractivity contribution is 7.07. The lowest BCUT2D eigenvalue weighted by molar-refractivity contribution is 0.174. The highest BCUT2D eigenvalue weighted by atomic mass is 32.1. The van der Waals surface area contributed by atoms with E-state index in [1.807, 2.05) is 41.1 Å². The summed E-state index contributed by atoms with van der Waals surface area (Å²) in [6, 6.07) is 14.1. The molecule has 0 amide bonds. The Balaban J connectivity index is 1.59. The minimum Gasteiger partial charge on any atom is -0.387 e. The van der Waals surface area contributed by atoms with Gasteiger partial charge >= 0.3 is 0 Å². The molecule has 3 nitrogen and oxygen atoms in total. The van der Waals surface area contributed by atoms with Crippen molar-refractivity contribution in [3.8, 4) is 0 Å². The van der Waals surface area contributed by atoms with Crippen LogP contribution < -0.4 is 5.32 Å². The summed E-state index contributed by atoms with van der Waals surface area (Å²) in [7, 11) is 0. The largest absolute Gasteiger partial charge is 0.387 e. The predicted octanol–water partition coefficient (Wildman–Crippen LogP) is 3.12. The maximum Gasteiger partial charge on any atom is 0.0922 e. The molecule has 0 aliphatic rings. The van der Waals surface area contributed by atoms with Gasteiger partial charge in [0.1, 0.15) is 0 Å². The Morgan fingerprint density at radius 3 is 2.90 bits per heavy atom. The molecule has 2 N–H and O–H groups in total. The molecule has 0 fully saturated rings. The van der Waals surface area contributed by atoms with Gasteiger partial charge in [0, 0.05) is 18.5 Å². The third-order valence-electron chi connectivity index (χ3n) is 3.23. The number of aliphatic hydroxyl groups excluding tert-OH is 1. The molecule has 2 aromatic heterocycles. The number of pyridine rings is 1. The van der Waals surface area contributed by atoms with E-state index >= 15 is 0 Å². The number of aliphatic hydroxyl groups is 1. The van der Waals surface area contributed by atoms with Gasteiger partial charge in [-0.05, 0) is 34.5 Å². The minimum absolute atomic E-state index is 0.457. The monoisotopic (exact) mass is 284 g/mol. The van der Waals surface area contributed by atoms with Gasteiger partial charge in [0.2, 0.25) is 0 Å². The lowest BCUT2D eigenvalue weighted by Crippen LogP contribution is -2.21. The fraction of sp³-hybridized carbons (Fsp3) is 0.188. The van der Waals surface area contributed by atoms with E-state index in [9.17, 15) is 5.11 Å². The molecule has 2 heterocycles. The van der Waals surface area contributed by atoms with Crippen LogP contribution >= 0.6 is 11.3 Å². The zero-order chi connectivity index (χ0) is 13.8. The molecule has 0 radical (unpaired) electrons. The average molecular weight is 284 g/mol. The SMILES string of the molecule is OC(CNCc1ccc2ccccc2n1)c1ccsc1. The van der Waals surface area contributed by atoms with Crippen molar-refractivity contribution in [2.24, 2.45) is 0 Å². The molecule has 3 rings (SSSR count). The molecule has 102 valence electrons. The lowest BCUT2D eigenvalue weighted by Gasteiger charge is -2.10.